The maximum atomic E-state index is 11.6. The van der Waals surface area contributed by atoms with Crippen LogP contribution in [0.4, 0.5) is 0 Å². The first kappa shape index (κ1) is 24.7. The van der Waals surface area contributed by atoms with E-state index in [1.807, 2.05) is 19.9 Å². The number of hydrogen-bond donors (Lipinski definition) is 4. The van der Waals surface area contributed by atoms with Crippen LogP contribution in [0.2, 0.25) is 0 Å². The van der Waals surface area contributed by atoms with E-state index in [-0.39, 0.29) is 28.4 Å². The van der Waals surface area contributed by atoms with Crippen molar-refractivity contribution in [2.75, 3.05) is 0 Å². The van der Waals surface area contributed by atoms with Crippen molar-refractivity contribution in [3.63, 3.8) is 0 Å². The van der Waals surface area contributed by atoms with Gasteiger partial charge in [-0.1, -0.05) is 60.1 Å². The fourth-order valence-electron chi connectivity index (χ4n) is 4.01. The molecule has 4 N–H and O–H groups in total. The molecular weight excluding hydrogens is 364 g/mol. The molecule has 4 heteroatoms. The van der Waals surface area contributed by atoms with Gasteiger partial charge in [0, 0.05) is 16.6 Å². The van der Waals surface area contributed by atoms with Crippen molar-refractivity contribution in [1.82, 2.24) is 0 Å². The maximum absolute atomic E-state index is 11.6. The molecule has 1 aromatic rings. The van der Waals surface area contributed by atoms with Gasteiger partial charge in [-0.15, -0.1) is 0 Å². The topological polar surface area (TPSA) is 80.9 Å². The smallest absolute Gasteiger partial charge is 0.158 e. The van der Waals surface area contributed by atoms with Gasteiger partial charge >= 0.3 is 0 Å². The van der Waals surface area contributed by atoms with Gasteiger partial charge in [0.05, 0.1) is 5.76 Å². The van der Waals surface area contributed by atoms with Crippen molar-refractivity contribution in [3.05, 3.63) is 52.5 Å². The Hall–Kier alpha value is -2.36. The van der Waals surface area contributed by atoms with Gasteiger partial charge < -0.3 is 20.4 Å². The van der Waals surface area contributed by atoms with E-state index in [1.54, 1.807) is 13.0 Å². The van der Waals surface area contributed by atoms with Crippen molar-refractivity contribution in [3.8, 4) is 11.5 Å². The second-order valence-electron chi connectivity index (χ2n) is 8.47. The summed E-state index contributed by atoms with van der Waals surface area (Å²) in [5.74, 6) is -0.166. The quantitative estimate of drug-likeness (QED) is 0.207. The summed E-state index contributed by atoms with van der Waals surface area (Å²) in [6.07, 6.45) is 4.03. The largest absolute Gasteiger partial charge is 0.512 e. The number of aliphatic hydroxyl groups is 2. The van der Waals surface area contributed by atoms with Crippen molar-refractivity contribution >= 4 is 5.57 Å². The lowest BCUT2D eigenvalue weighted by molar-refractivity contribution is 0.140. The fraction of sp³-hybridized carbons (Fsp3) is 0.520. The minimum Gasteiger partial charge on any atom is -0.512 e. The van der Waals surface area contributed by atoms with Crippen LogP contribution < -0.4 is 0 Å². The Labute approximate surface area is 175 Å². The molecule has 0 saturated carbocycles. The van der Waals surface area contributed by atoms with Crippen molar-refractivity contribution in [1.29, 1.82) is 0 Å². The molecule has 0 aliphatic heterocycles. The zero-order valence-corrected chi connectivity index (χ0v) is 19.2. The molecule has 0 amide bonds. The number of rotatable bonds is 8. The molecule has 0 bridgehead atoms. The summed E-state index contributed by atoms with van der Waals surface area (Å²) in [7, 11) is 0. The predicted molar refractivity (Wildman–Crippen MR) is 121 cm³/mol. The van der Waals surface area contributed by atoms with Gasteiger partial charge in [-0.05, 0) is 55.4 Å². The molecule has 1 aromatic carbocycles. The van der Waals surface area contributed by atoms with Crippen LogP contribution in [0.5, 0.6) is 11.5 Å². The highest BCUT2D eigenvalue weighted by atomic mass is 16.3. The lowest BCUT2D eigenvalue weighted by Gasteiger charge is -2.46. The van der Waals surface area contributed by atoms with Gasteiger partial charge in [-0.25, -0.2) is 0 Å². The second kappa shape index (κ2) is 9.43. The molecule has 0 aliphatic rings. The SMILES string of the molecule is C/C=C(C(/O)=C(\c1ccc(O)c(O)c1)C(C)(CC)C(C)(C)CC)\C(CC)=C(/C)O. The molecule has 0 fully saturated rings. The molecule has 162 valence electrons. The van der Waals surface area contributed by atoms with E-state index in [9.17, 15) is 20.4 Å². The van der Waals surface area contributed by atoms with Crippen LogP contribution in [0.1, 0.15) is 80.2 Å². The molecule has 0 radical (unpaired) electrons. The van der Waals surface area contributed by atoms with Crippen molar-refractivity contribution in [2.24, 2.45) is 10.8 Å². The summed E-state index contributed by atoms with van der Waals surface area (Å²) in [6.45, 7) is 16.1. The highest BCUT2D eigenvalue weighted by Crippen LogP contribution is 2.55. The molecule has 0 aliphatic carbocycles. The molecule has 4 nitrogen and oxygen atoms in total. The summed E-state index contributed by atoms with van der Waals surface area (Å²) >= 11 is 0. The van der Waals surface area contributed by atoms with Crippen LogP contribution in [0.15, 0.2) is 46.9 Å². The standard InChI is InChI=1S/C25H38O4/c1-9-18(16(5)26)19(10-2)23(29)22(17-13-14-20(27)21(28)15-17)25(8,12-4)24(6,7)11-3/h10,13-15,26-29H,9,11-12H2,1-8H3/b18-16+,19-10+,23-22-. The number of benzene rings is 1. The van der Waals surface area contributed by atoms with E-state index in [4.69, 9.17) is 0 Å². The number of hydrogen-bond acceptors (Lipinski definition) is 4. The summed E-state index contributed by atoms with van der Waals surface area (Å²) in [5.41, 5.74) is 2.00. The van der Waals surface area contributed by atoms with Crippen LogP contribution in [0, 0.1) is 10.8 Å². The van der Waals surface area contributed by atoms with Crippen LogP contribution in [0.3, 0.4) is 0 Å². The van der Waals surface area contributed by atoms with Gasteiger partial charge in [0.15, 0.2) is 11.5 Å². The van der Waals surface area contributed by atoms with E-state index in [1.165, 1.54) is 12.1 Å². The molecule has 0 spiro atoms. The van der Waals surface area contributed by atoms with Gasteiger partial charge in [-0.2, -0.15) is 0 Å². The van der Waals surface area contributed by atoms with E-state index in [0.29, 0.717) is 28.7 Å². The summed E-state index contributed by atoms with van der Waals surface area (Å²) < 4.78 is 0. The minimum absolute atomic E-state index is 0.0914. The van der Waals surface area contributed by atoms with Crippen LogP contribution in [-0.2, 0) is 0 Å². The molecular formula is C25H38O4. The number of aromatic hydroxyl groups is 2. The molecule has 29 heavy (non-hydrogen) atoms. The Kier molecular flexibility index (Phi) is 8.02. The average molecular weight is 403 g/mol. The van der Waals surface area contributed by atoms with E-state index >= 15 is 0 Å². The van der Waals surface area contributed by atoms with E-state index in [0.717, 1.165) is 12.8 Å². The van der Waals surface area contributed by atoms with Gasteiger partial charge in [-0.3, -0.25) is 0 Å². The average Bonchev–Trinajstić information content (AvgIpc) is 2.67. The zero-order valence-electron chi connectivity index (χ0n) is 19.2. The summed E-state index contributed by atoms with van der Waals surface area (Å²) in [6, 6.07) is 4.65. The Morgan fingerprint density at radius 2 is 1.55 bits per heavy atom. The fourth-order valence-corrected chi connectivity index (χ4v) is 4.01. The van der Waals surface area contributed by atoms with Crippen LogP contribution >= 0.6 is 0 Å². The molecule has 0 heterocycles. The Morgan fingerprint density at radius 3 is 1.93 bits per heavy atom. The van der Waals surface area contributed by atoms with E-state index < -0.39 is 5.41 Å². The molecule has 0 saturated heterocycles. The van der Waals surface area contributed by atoms with Gasteiger partial charge in [0.2, 0.25) is 0 Å². The zero-order chi connectivity index (χ0) is 22.6. The molecule has 0 aromatic heterocycles. The number of phenols is 2. The molecule has 1 atom stereocenters. The second-order valence-corrected chi connectivity index (χ2v) is 8.47. The lowest BCUT2D eigenvalue weighted by atomic mass is 9.58. The predicted octanol–water partition coefficient (Wildman–Crippen LogP) is 7.41. The Morgan fingerprint density at radius 1 is 0.966 bits per heavy atom. The Bertz CT molecular complexity index is 823. The van der Waals surface area contributed by atoms with Gasteiger partial charge in [0.1, 0.15) is 5.76 Å². The third-order valence-corrected chi connectivity index (χ3v) is 6.80. The van der Waals surface area contributed by atoms with Crippen molar-refractivity contribution in [2.45, 2.75) is 74.7 Å². The third-order valence-electron chi connectivity index (χ3n) is 6.80. The number of aliphatic hydroxyl groups excluding tert-OH is 2. The monoisotopic (exact) mass is 402 g/mol. The van der Waals surface area contributed by atoms with Gasteiger partial charge in [0.25, 0.3) is 0 Å². The van der Waals surface area contributed by atoms with Crippen molar-refractivity contribution < 1.29 is 20.4 Å². The first-order valence-electron chi connectivity index (χ1n) is 10.4. The highest BCUT2D eigenvalue weighted by molar-refractivity contribution is 5.78. The van der Waals surface area contributed by atoms with Crippen LogP contribution in [0.25, 0.3) is 5.57 Å². The number of allylic oxidation sites excluding steroid dienone is 4. The van der Waals surface area contributed by atoms with E-state index in [2.05, 4.69) is 34.6 Å². The highest BCUT2D eigenvalue weighted by Gasteiger charge is 2.44. The molecule has 1 unspecified atom stereocenters. The first-order chi connectivity index (χ1) is 13.4. The molecule has 1 rings (SSSR count). The number of phenolic OH excluding ortho intramolecular Hbond substituents is 2. The maximum Gasteiger partial charge on any atom is 0.158 e. The van der Waals surface area contributed by atoms with Crippen LogP contribution in [-0.4, -0.2) is 20.4 Å². The summed E-state index contributed by atoms with van der Waals surface area (Å²) in [5, 5.41) is 41.7. The lowest BCUT2D eigenvalue weighted by Crippen LogP contribution is -2.36. The summed E-state index contributed by atoms with van der Waals surface area (Å²) in [4.78, 5) is 0. The normalized spacial score (nSPS) is 16.8. The minimum atomic E-state index is -0.439. The Balaban J connectivity index is 4.06. The first-order valence-corrected chi connectivity index (χ1v) is 10.4. The third kappa shape index (κ3) is 4.63.